The molecule has 3 saturated carbocycles. The zero-order valence-electron chi connectivity index (χ0n) is 20.9. The maximum atomic E-state index is 12.5. The summed E-state index contributed by atoms with van der Waals surface area (Å²) >= 11 is 0.169. The van der Waals surface area contributed by atoms with E-state index in [0.717, 1.165) is 36.7 Å². The van der Waals surface area contributed by atoms with Gasteiger partial charge in [0.05, 0.1) is 4.90 Å². The quantitative estimate of drug-likeness (QED) is 0.154. The number of nitrogens with one attached hydrogen (secondary N) is 1. The molecule has 0 bridgehead atoms. The van der Waals surface area contributed by atoms with E-state index in [0.29, 0.717) is 26.7 Å². The molecule has 0 radical (unpaired) electrons. The summed E-state index contributed by atoms with van der Waals surface area (Å²) in [5, 5.41) is 7.63. The Hall–Kier alpha value is -1.47. The minimum Gasteiger partial charge on any atom is -0.282 e. The Bertz CT molecular complexity index is 1130. The van der Waals surface area contributed by atoms with Crippen LogP contribution in [0.5, 0.6) is 0 Å². The Morgan fingerprint density at radius 1 is 1.09 bits per heavy atom. The maximum Gasteiger partial charge on any atom is 0.294 e. The van der Waals surface area contributed by atoms with Gasteiger partial charge in [-0.05, 0) is 19.1 Å². The van der Waals surface area contributed by atoms with Gasteiger partial charge in [0.1, 0.15) is 0 Å². The number of ketones is 1. The molecule has 3 fully saturated rings. The van der Waals surface area contributed by atoms with Crippen LogP contribution in [0.25, 0.3) is 0 Å². The number of carbonyl (C=O) groups excluding carboxylic acids is 1. The van der Waals surface area contributed by atoms with Crippen LogP contribution in [0.3, 0.4) is 0 Å². The molecule has 35 heavy (non-hydrogen) atoms. The molecule has 0 amide bonds. The van der Waals surface area contributed by atoms with Crippen molar-refractivity contribution in [2.75, 3.05) is 0 Å². The molecule has 0 aliphatic heterocycles. The molecular weight excluding hydrogens is 527 g/mol. The molecular formula is C27H38N2O4SSe. The minimum absolute atomic E-state index is 0.0161. The van der Waals surface area contributed by atoms with Crippen molar-refractivity contribution in [3.05, 3.63) is 41.5 Å². The third-order valence-corrected chi connectivity index (χ3v) is 12.3. The second-order valence-corrected chi connectivity index (χ2v) is 15.5. The minimum atomic E-state index is -4.02. The molecule has 4 N–H and O–H groups in total. The Morgan fingerprint density at radius 3 is 2.34 bits per heavy atom. The van der Waals surface area contributed by atoms with Crippen molar-refractivity contribution in [1.29, 1.82) is 5.41 Å². The van der Waals surface area contributed by atoms with Gasteiger partial charge in [0.15, 0.2) is 0 Å². The van der Waals surface area contributed by atoms with E-state index in [1.54, 1.807) is 17.7 Å². The van der Waals surface area contributed by atoms with Crippen molar-refractivity contribution in [1.82, 2.24) is 0 Å². The van der Waals surface area contributed by atoms with Crippen LogP contribution in [0.1, 0.15) is 70.8 Å². The largest absolute Gasteiger partial charge is 0.294 e. The second-order valence-electron chi connectivity index (χ2n) is 11.3. The summed E-state index contributed by atoms with van der Waals surface area (Å²) in [5.41, 5.74) is 8.63. The fourth-order valence-corrected chi connectivity index (χ4v) is 9.67. The van der Waals surface area contributed by atoms with Crippen LogP contribution in [0.4, 0.5) is 0 Å². The number of Topliss-reactive ketones (excluding diaryl/α,β-unsaturated/α-hetero) is 1. The Morgan fingerprint density at radius 2 is 1.71 bits per heavy atom. The van der Waals surface area contributed by atoms with Crippen LogP contribution in [-0.4, -0.2) is 38.4 Å². The van der Waals surface area contributed by atoms with E-state index in [4.69, 9.17) is 15.7 Å². The van der Waals surface area contributed by atoms with Gasteiger partial charge >= 0.3 is 152 Å². The average molecular weight is 566 g/mol. The summed E-state index contributed by atoms with van der Waals surface area (Å²) in [6.45, 7) is 6.61. The van der Waals surface area contributed by atoms with Gasteiger partial charge in [-0.2, -0.15) is 8.42 Å². The topological polar surface area (TPSA) is 121 Å². The predicted molar refractivity (Wildman–Crippen MR) is 139 cm³/mol. The van der Waals surface area contributed by atoms with E-state index in [-0.39, 0.29) is 25.3 Å². The Balaban J connectivity index is 0.000000221. The first-order valence-corrected chi connectivity index (χ1v) is 15.9. The maximum absolute atomic E-state index is 12.5. The van der Waals surface area contributed by atoms with Crippen LogP contribution in [0.15, 0.2) is 40.8 Å². The number of amidine groups is 1. The van der Waals surface area contributed by atoms with Crippen LogP contribution in [0.2, 0.25) is 4.82 Å². The van der Waals surface area contributed by atoms with E-state index in [1.165, 1.54) is 44.2 Å². The molecule has 4 aliphatic carbocycles. The number of carbonyl (C=O) groups is 1. The fourth-order valence-electron chi connectivity index (χ4n) is 7.39. The van der Waals surface area contributed by atoms with Crippen molar-refractivity contribution in [3.8, 4) is 0 Å². The fraction of sp³-hybridized carbons (Fsp3) is 0.630. The average Bonchev–Trinajstić information content (AvgIpc) is 3.08. The predicted octanol–water partition coefficient (Wildman–Crippen LogP) is 5.15. The molecule has 6 unspecified atom stereocenters. The molecule has 0 spiro atoms. The monoisotopic (exact) mass is 566 g/mol. The third-order valence-electron chi connectivity index (χ3n) is 9.38. The SMILES string of the molecule is CC12CCC3C(CC=C4CC([Se]C(=N)N)CCC43C)C1CCC2=O.Cc1ccc(S(=O)(=O)O)cc1. The molecule has 0 heterocycles. The Labute approximate surface area is 215 Å². The van der Waals surface area contributed by atoms with Crippen LogP contribution < -0.4 is 5.73 Å². The Kier molecular flexibility index (Phi) is 7.42. The molecule has 0 aromatic heterocycles. The molecule has 8 heteroatoms. The smallest absolute Gasteiger partial charge is 0.282 e. The van der Waals surface area contributed by atoms with Crippen molar-refractivity contribution < 1.29 is 17.8 Å². The van der Waals surface area contributed by atoms with Crippen molar-refractivity contribution >= 4 is 35.6 Å². The van der Waals surface area contributed by atoms with E-state index in [1.807, 2.05) is 6.92 Å². The van der Waals surface area contributed by atoms with Gasteiger partial charge in [0, 0.05) is 0 Å². The number of hydrogen-bond acceptors (Lipinski definition) is 4. The summed E-state index contributed by atoms with van der Waals surface area (Å²) in [7, 11) is -4.02. The molecule has 6 nitrogen and oxygen atoms in total. The molecule has 192 valence electrons. The number of benzene rings is 1. The van der Waals surface area contributed by atoms with E-state index < -0.39 is 10.1 Å². The summed E-state index contributed by atoms with van der Waals surface area (Å²) in [6.07, 6.45) is 11.7. The van der Waals surface area contributed by atoms with Gasteiger partial charge in [-0.15, -0.1) is 0 Å². The van der Waals surface area contributed by atoms with Gasteiger partial charge in [-0.3, -0.25) is 4.55 Å². The van der Waals surface area contributed by atoms with Gasteiger partial charge in [0.2, 0.25) is 0 Å². The number of fused-ring (bicyclic) bond motifs is 5. The van der Waals surface area contributed by atoms with E-state index in [9.17, 15) is 13.2 Å². The van der Waals surface area contributed by atoms with Crippen LogP contribution in [-0.2, 0) is 14.9 Å². The first-order valence-electron chi connectivity index (χ1n) is 12.6. The molecule has 4 aliphatic rings. The third kappa shape index (κ3) is 5.18. The molecule has 0 saturated heterocycles. The number of allylic oxidation sites excluding steroid dienone is 2. The zero-order chi connectivity index (χ0) is 25.6. The summed E-state index contributed by atoms with van der Waals surface area (Å²) in [5.74, 6) is 2.65. The summed E-state index contributed by atoms with van der Waals surface area (Å²) in [4.78, 5) is 13.0. The number of aryl methyl sites for hydroxylation is 1. The van der Waals surface area contributed by atoms with Crippen molar-refractivity contribution in [2.24, 2.45) is 34.3 Å². The number of rotatable bonds is 3. The number of hydrogen-bond donors (Lipinski definition) is 3. The second kappa shape index (κ2) is 9.77. The van der Waals surface area contributed by atoms with Crippen LogP contribution >= 0.6 is 0 Å². The standard InChI is InChI=1S/C20H30N2OSe.C7H8O3S/c1-19-9-7-13(24-18(21)22)11-12(19)3-4-14-15-5-6-17(23)20(15,2)10-8-16(14)19;1-6-2-4-7(5-3-6)11(8,9)10/h3,13-16H,4-11H2,1-2H3,(H3,21,22);2-5H,1H3,(H,8,9,10). The first-order chi connectivity index (χ1) is 16.3. The van der Waals surface area contributed by atoms with Crippen molar-refractivity contribution in [2.45, 2.75) is 81.8 Å². The molecule has 5 rings (SSSR count). The van der Waals surface area contributed by atoms with E-state index >= 15 is 0 Å². The first kappa shape index (κ1) is 26.6. The number of nitrogens with two attached hydrogens (primary N) is 1. The normalized spacial score (nSPS) is 36.1. The van der Waals surface area contributed by atoms with Gasteiger partial charge in [-0.25, -0.2) is 0 Å². The zero-order valence-corrected chi connectivity index (χ0v) is 23.4. The van der Waals surface area contributed by atoms with Crippen LogP contribution in [0, 0.1) is 40.9 Å². The molecule has 1 aromatic rings. The van der Waals surface area contributed by atoms with Crippen molar-refractivity contribution in [3.63, 3.8) is 0 Å². The summed E-state index contributed by atoms with van der Waals surface area (Å²) in [6, 6.07) is 5.99. The van der Waals surface area contributed by atoms with E-state index in [2.05, 4.69) is 19.9 Å². The van der Waals surface area contributed by atoms with Gasteiger partial charge in [-0.1, -0.05) is 17.7 Å². The summed E-state index contributed by atoms with van der Waals surface area (Å²) < 4.78 is 30.0. The van der Waals surface area contributed by atoms with Gasteiger partial charge < -0.3 is 0 Å². The van der Waals surface area contributed by atoms with Gasteiger partial charge in [0.25, 0.3) is 10.1 Å². The molecule has 1 aromatic carbocycles. The molecule has 6 atom stereocenters.